The molecule has 0 atom stereocenters. The van der Waals surface area contributed by atoms with Crippen LogP contribution in [0.1, 0.15) is 18.1 Å². The molecule has 0 heterocycles. The van der Waals surface area contributed by atoms with Crippen LogP contribution in [0.2, 0.25) is 0 Å². The van der Waals surface area contributed by atoms with E-state index < -0.39 is 6.09 Å². The maximum Gasteiger partial charge on any atom is 2.00 e. The molecule has 0 aromatic heterocycles. The molecule has 0 aliphatic rings. The van der Waals surface area contributed by atoms with Gasteiger partial charge in [-0.1, -0.05) is 6.92 Å². The number of carbonyl (C=O) groups excluding carboxylic acids is 2. The number of phenolic OH excluding ortho intramolecular Hbond substituents is 1. The molecule has 0 saturated heterocycles. The number of rotatable bonds is 7. The fraction of sp³-hybridized carbons (Fsp3) is 0.227. The number of hydrogen-bond donors (Lipinski definition) is 2. The number of allylic oxidation sites excluding steroid dienone is 1. The first-order chi connectivity index (χ1) is 14.3. The molecule has 8 nitrogen and oxygen atoms in total. The molecule has 0 aliphatic heterocycles. The second kappa shape index (κ2) is 15.2. The van der Waals surface area contributed by atoms with E-state index in [2.05, 4.69) is 29.0 Å². The van der Waals surface area contributed by atoms with Crippen LogP contribution < -0.4 is 10.1 Å². The van der Waals surface area contributed by atoms with Crippen molar-refractivity contribution in [2.45, 2.75) is 20.5 Å². The number of nitrogens with one attached hydrogen (secondary N) is 1. The number of methoxy groups -OCH3 is 1. The van der Waals surface area contributed by atoms with Gasteiger partial charge in [0.15, 0.2) is 0 Å². The number of phenols is 1. The molecule has 2 aromatic rings. The second-order valence-corrected chi connectivity index (χ2v) is 6.08. The molecule has 0 saturated carbocycles. The van der Waals surface area contributed by atoms with E-state index in [0.717, 1.165) is 11.3 Å². The largest absolute Gasteiger partial charge is 2.00 e. The van der Waals surface area contributed by atoms with Gasteiger partial charge in [0.2, 0.25) is 0 Å². The first-order valence-electron chi connectivity index (χ1n) is 8.92. The Hall–Kier alpha value is -2.63. The number of aryl methyl sites for hydroxylation is 1. The summed E-state index contributed by atoms with van der Waals surface area (Å²) in [6, 6.07) is 10.5. The molecule has 0 fully saturated rings. The minimum Gasteiger partial charge on any atom is -0.505 e. The van der Waals surface area contributed by atoms with Crippen molar-refractivity contribution in [2.75, 3.05) is 13.7 Å². The predicted molar refractivity (Wildman–Crippen MR) is 114 cm³/mol. The third kappa shape index (κ3) is 10.8. The zero-order valence-electron chi connectivity index (χ0n) is 17.8. The maximum atomic E-state index is 11.4. The van der Waals surface area contributed by atoms with Crippen molar-refractivity contribution in [1.29, 1.82) is 0 Å². The minimum absolute atomic E-state index is 0. The maximum absolute atomic E-state index is 11.4. The van der Waals surface area contributed by atoms with Crippen LogP contribution in [0.15, 0.2) is 58.8 Å². The van der Waals surface area contributed by atoms with Gasteiger partial charge in [-0.25, -0.2) is 11.4 Å². The first kappa shape index (κ1) is 28.4. The number of amides is 1. The number of hydrogen-bond acceptors (Lipinski definition) is 7. The van der Waals surface area contributed by atoms with Crippen LogP contribution in [0.4, 0.5) is 16.2 Å². The molecule has 2 aromatic carbocycles. The summed E-state index contributed by atoms with van der Waals surface area (Å²) in [4.78, 5) is 20.6. The summed E-state index contributed by atoms with van der Waals surface area (Å²) in [7, 11) is 1.59. The van der Waals surface area contributed by atoms with Crippen molar-refractivity contribution in [3.05, 3.63) is 66.6 Å². The molecule has 0 spiro atoms. The van der Waals surface area contributed by atoms with Gasteiger partial charge in [0, 0.05) is 5.56 Å². The van der Waals surface area contributed by atoms with E-state index in [0.29, 0.717) is 22.5 Å². The van der Waals surface area contributed by atoms with Gasteiger partial charge in [0.25, 0.3) is 0 Å². The second-order valence-electron chi connectivity index (χ2n) is 6.08. The summed E-state index contributed by atoms with van der Waals surface area (Å²) < 4.78 is 10.1. The van der Waals surface area contributed by atoms with Crippen molar-refractivity contribution in [2.24, 2.45) is 10.2 Å². The molecular formula is C22H25N3O5U. The van der Waals surface area contributed by atoms with Crippen LogP contribution in [-0.2, 0) is 16.1 Å². The molecule has 0 radical (unpaired) electrons. The van der Waals surface area contributed by atoms with E-state index in [1.165, 1.54) is 0 Å². The molecule has 31 heavy (non-hydrogen) atoms. The third-order valence-corrected chi connectivity index (χ3v) is 3.46. The number of benzene rings is 2. The molecular weight excluding hydrogens is 624 g/mol. The molecule has 0 aliphatic carbocycles. The Labute approximate surface area is 206 Å². The van der Waals surface area contributed by atoms with Crippen molar-refractivity contribution < 1.29 is 55.3 Å². The Bertz CT molecular complexity index is 899. The molecule has 2 rings (SSSR count). The van der Waals surface area contributed by atoms with Crippen molar-refractivity contribution in [3.8, 4) is 11.5 Å². The topological polar surface area (TPSA) is 110 Å². The Kier molecular flexibility index (Phi) is 13.9. The fourth-order valence-electron chi connectivity index (χ4n) is 2.08. The SMILES string of the molecule is C=C(C)[C-]=O.[CH2-]CNC(=O)OCc1cc(C)cc(N=Nc2ccc(OC)cc2)c1O.[U+2]. The van der Waals surface area contributed by atoms with Crippen LogP contribution >= 0.6 is 0 Å². The van der Waals surface area contributed by atoms with Crippen LogP contribution in [0.25, 0.3) is 0 Å². The van der Waals surface area contributed by atoms with E-state index >= 15 is 0 Å². The Morgan fingerprint density at radius 3 is 2.39 bits per heavy atom. The van der Waals surface area contributed by atoms with Gasteiger partial charge in [-0.15, -0.1) is 11.7 Å². The Morgan fingerprint density at radius 1 is 1.26 bits per heavy atom. The number of azo groups is 1. The molecule has 1 amide bonds. The average molecular weight is 649 g/mol. The van der Waals surface area contributed by atoms with Gasteiger partial charge >= 0.3 is 37.2 Å². The van der Waals surface area contributed by atoms with Crippen LogP contribution in [0.3, 0.4) is 0 Å². The number of nitrogens with zero attached hydrogens (tertiary/aromatic N) is 2. The van der Waals surface area contributed by atoms with Crippen molar-refractivity contribution >= 4 is 23.8 Å². The summed E-state index contributed by atoms with van der Waals surface area (Å²) in [6.45, 7) is 10.3. The minimum atomic E-state index is -0.600. The van der Waals surface area contributed by atoms with E-state index in [1.807, 2.05) is 6.92 Å². The van der Waals surface area contributed by atoms with E-state index in [-0.39, 0.29) is 50.0 Å². The molecule has 0 unspecified atom stereocenters. The van der Waals surface area contributed by atoms with Crippen LogP contribution in [0, 0.1) is 45.0 Å². The van der Waals surface area contributed by atoms with E-state index in [1.54, 1.807) is 56.7 Å². The molecule has 2 N–H and O–H groups in total. The summed E-state index contributed by atoms with van der Waals surface area (Å²) in [6.07, 6.45) is 0.984. The number of aromatic hydroxyl groups is 1. The Balaban J connectivity index is 0.00000135. The summed E-state index contributed by atoms with van der Waals surface area (Å²) in [5.41, 5.74) is 2.67. The summed E-state index contributed by atoms with van der Waals surface area (Å²) in [5, 5.41) is 20.9. The van der Waals surface area contributed by atoms with Crippen molar-refractivity contribution in [1.82, 2.24) is 5.32 Å². The standard InChI is InChI=1S/C18H20N3O4.C4H5O.U/c1-4-19-18(23)25-11-13-9-12(2)10-16(17(13)22)21-20-14-5-7-15(24-3)8-6-14;1-4(2)3-5;/h5-10,22H,1,4,11H2,2-3H3,(H,19,23);1H2,2H3;/q2*-1;+2. The number of carbonyl (C=O) groups is 1. The summed E-state index contributed by atoms with van der Waals surface area (Å²) in [5.74, 6) is 0.641. The summed E-state index contributed by atoms with van der Waals surface area (Å²) >= 11 is 0. The molecule has 9 heteroatoms. The zero-order chi connectivity index (χ0) is 22.5. The first-order valence-corrected chi connectivity index (χ1v) is 8.92. The van der Waals surface area contributed by atoms with Crippen LogP contribution in [-0.4, -0.2) is 31.1 Å². The van der Waals surface area contributed by atoms with Gasteiger partial charge in [-0.05, 0) is 55.2 Å². The fourth-order valence-corrected chi connectivity index (χ4v) is 2.08. The molecule has 162 valence electrons. The quantitative estimate of drug-likeness (QED) is 0.253. The third-order valence-electron chi connectivity index (χ3n) is 3.46. The Morgan fingerprint density at radius 2 is 1.87 bits per heavy atom. The van der Waals surface area contributed by atoms with Gasteiger partial charge in [0.1, 0.15) is 23.8 Å². The van der Waals surface area contributed by atoms with Gasteiger partial charge in [0.05, 0.1) is 12.8 Å². The van der Waals surface area contributed by atoms with Gasteiger partial charge in [-0.3, -0.25) is 0 Å². The van der Waals surface area contributed by atoms with Gasteiger partial charge in [-0.2, -0.15) is 10.7 Å². The predicted octanol–water partition coefficient (Wildman–Crippen LogP) is 4.86. The average Bonchev–Trinajstić information content (AvgIpc) is 2.74. The van der Waals surface area contributed by atoms with Crippen molar-refractivity contribution in [3.63, 3.8) is 0 Å². The molecule has 0 bridgehead atoms. The monoisotopic (exact) mass is 649 g/mol. The number of ether oxygens (including phenoxy) is 2. The van der Waals surface area contributed by atoms with E-state index in [9.17, 15) is 14.7 Å². The number of alkyl carbamates (subject to hydrolysis) is 1. The van der Waals surface area contributed by atoms with Gasteiger partial charge < -0.3 is 31.6 Å². The normalized spacial score (nSPS) is 9.68. The smallest absolute Gasteiger partial charge is 0.505 e. The zero-order valence-corrected chi connectivity index (χ0v) is 21.9. The van der Waals surface area contributed by atoms with E-state index in [4.69, 9.17) is 9.47 Å². The van der Waals surface area contributed by atoms with Crippen LogP contribution in [0.5, 0.6) is 11.5 Å².